The van der Waals surface area contributed by atoms with Crippen molar-refractivity contribution in [2.45, 2.75) is 17.9 Å². The van der Waals surface area contributed by atoms with E-state index in [1.54, 1.807) is 24.3 Å². The van der Waals surface area contributed by atoms with E-state index in [1.807, 2.05) is 12.1 Å². The Labute approximate surface area is 184 Å². The van der Waals surface area contributed by atoms with Gasteiger partial charge in [0.25, 0.3) is 0 Å². The number of furan rings is 1. The molecule has 158 valence electrons. The number of pyridine rings is 1. The second-order valence-corrected chi connectivity index (χ2v) is 9.16. The number of halogens is 2. The molecule has 0 radical (unpaired) electrons. The summed E-state index contributed by atoms with van der Waals surface area (Å²) in [5.41, 5.74) is 1.01. The summed E-state index contributed by atoms with van der Waals surface area (Å²) in [5, 5.41) is 3.55. The Bertz CT molecular complexity index is 1070. The molecule has 2 aromatic heterocycles. The van der Waals surface area contributed by atoms with Crippen molar-refractivity contribution in [1.82, 2.24) is 14.6 Å². The van der Waals surface area contributed by atoms with Gasteiger partial charge in [-0.2, -0.15) is 4.31 Å². The molecule has 0 aliphatic rings. The van der Waals surface area contributed by atoms with Gasteiger partial charge in [0.1, 0.15) is 15.8 Å². The van der Waals surface area contributed by atoms with E-state index in [1.165, 1.54) is 18.4 Å². The van der Waals surface area contributed by atoms with Gasteiger partial charge in [-0.05, 0) is 48.4 Å². The third-order valence-electron chi connectivity index (χ3n) is 4.22. The van der Waals surface area contributed by atoms with Crippen molar-refractivity contribution in [1.29, 1.82) is 0 Å². The maximum absolute atomic E-state index is 13.0. The van der Waals surface area contributed by atoms with Gasteiger partial charge in [-0.3, -0.25) is 4.79 Å². The quantitative estimate of drug-likeness (QED) is 0.485. The van der Waals surface area contributed by atoms with E-state index < -0.39 is 15.9 Å². The standard InChI is InChI=1S/C20H19Cl2N3O4S/c21-16-5-3-15(4-6-16)9-10-23-20(26)14-25(13-17-2-1-11-29-17)30(27,28)18-7-8-19(22)24-12-18/h1-8,11-12H,9-10,13-14H2,(H,23,26). The highest BCUT2D eigenvalue weighted by Crippen LogP contribution is 2.19. The molecule has 1 aromatic carbocycles. The first kappa shape index (κ1) is 22.3. The van der Waals surface area contributed by atoms with Gasteiger partial charge >= 0.3 is 0 Å². The summed E-state index contributed by atoms with van der Waals surface area (Å²) >= 11 is 11.6. The minimum absolute atomic E-state index is 0.0626. The smallest absolute Gasteiger partial charge is 0.245 e. The first-order chi connectivity index (χ1) is 14.3. The zero-order valence-electron chi connectivity index (χ0n) is 15.8. The number of aromatic nitrogens is 1. The van der Waals surface area contributed by atoms with Crippen LogP contribution in [0.15, 0.2) is 70.3 Å². The van der Waals surface area contributed by atoms with E-state index in [0.29, 0.717) is 23.7 Å². The van der Waals surface area contributed by atoms with Crippen molar-refractivity contribution in [3.63, 3.8) is 0 Å². The zero-order chi connectivity index (χ0) is 21.6. The van der Waals surface area contributed by atoms with Gasteiger partial charge in [0, 0.05) is 17.8 Å². The maximum atomic E-state index is 13.0. The molecule has 0 aliphatic heterocycles. The third kappa shape index (κ3) is 6.06. The predicted octanol–water partition coefficient (Wildman–Crippen LogP) is 3.53. The number of amides is 1. The Morgan fingerprint density at radius 1 is 1.10 bits per heavy atom. The number of carbonyl (C=O) groups is 1. The lowest BCUT2D eigenvalue weighted by Gasteiger charge is -2.20. The van der Waals surface area contributed by atoms with Crippen molar-refractivity contribution in [2.24, 2.45) is 0 Å². The molecule has 1 N–H and O–H groups in total. The molecule has 0 saturated carbocycles. The summed E-state index contributed by atoms with van der Waals surface area (Å²) in [6.45, 7) is -0.105. The molecular weight excluding hydrogens is 449 g/mol. The number of hydrogen-bond acceptors (Lipinski definition) is 5. The van der Waals surface area contributed by atoms with Crippen LogP contribution in [-0.2, 0) is 27.8 Å². The summed E-state index contributed by atoms with van der Waals surface area (Å²) in [6, 6.07) is 13.3. The van der Waals surface area contributed by atoms with Crippen molar-refractivity contribution in [3.8, 4) is 0 Å². The Kier molecular flexibility index (Phi) is 7.49. The lowest BCUT2D eigenvalue weighted by atomic mass is 10.1. The van der Waals surface area contributed by atoms with Crippen LogP contribution in [0.1, 0.15) is 11.3 Å². The van der Waals surface area contributed by atoms with Crippen LogP contribution in [0, 0.1) is 0 Å². The average Bonchev–Trinajstić information content (AvgIpc) is 3.22. The Morgan fingerprint density at radius 3 is 2.50 bits per heavy atom. The fourth-order valence-corrected chi connectivity index (χ4v) is 4.23. The molecule has 3 rings (SSSR count). The second kappa shape index (κ2) is 10.1. The number of nitrogens with zero attached hydrogens (tertiary/aromatic N) is 2. The molecule has 0 bridgehead atoms. The topological polar surface area (TPSA) is 92.5 Å². The van der Waals surface area contributed by atoms with Crippen LogP contribution in [0.2, 0.25) is 10.2 Å². The fourth-order valence-electron chi connectivity index (χ4n) is 2.68. The molecule has 1 amide bonds. The fraction of sp³-hybridized carbons (Fsp3) is 0.200. The van der Waals surface area contributed by atoms with Crippen LogP contribution in [0.4, 0.5) is 0 Å². The predicted molar refractivity (Wildman–Crippen MR) is 114 cm³/mol. The zero-order valence-corrected chi connectivity index (χ0v) is 18.1. The van der Waals surface area contributed by atoms with Crippen LogP contribution in [0.5, 0.6) is 0 Å². The van der Waals surface area contributed by atoms with Gasteiger partial charge in [-0.1, -0.05) is 35.3 Å². The number of hydrogen-bond donors (Lipinski definition) is 1. The molecule has 3 aromatic rings. The van der Waals surface area contributed by atoms with Crippen LogP contribution in [0.25, 0.3) is 0 Å². The van der Waals surface area contributed by atoms with Crippen LogP contribution in [0.3, 0.4) is 0 Å². The lowest BCUT2D eigenvalue weighted by Crippen LogP contribution is -2.40. The minimum atomic E-state index is -3.99. The van der Waals surface area contributed by atoms with Gasteiger partial charge in [-0.25, -0.2) is 13.4 Å². The molecule has 0 atom stereocenters. The largest absolute Gasteiger partial charge is 0.468 e. The van der Waals surface area contributed by atoms with Crippen LogP contribution in [-0.4, -0.2) is 36.7 Å². The van der Waals surface area contributed by atoms with E-state index in [0.717, 1.165) is 16.1 Å². The van der Waals surface area contributed by atoms with E-state index in [2.05, 4.69) is 10.3 Å². The second-order valence-electron chi connectivity index (χ2n) is 6.40. The minimum Gasteiger partial charge on any atom is -0.468 e. The van der Waals surface area contributed by atoms with Gasteiger partial charge in [-0.15, -0.1) is 0 Å². The molecule has 0 saturated heterocycles. The number of benzene rings is 1. The van der Waals surface area contributed by atoms with Gasteiger partial charge < -0.3 is 9.73 Å². The van der Waals surface area contributed by atoms with Gasteiger partial charge in [0.2, 0.25) is 15.9 Å². The number of nitrogens with one attached hydrogen (secondary N) is 1. The highest BCUT2D eigenvalue weighted by Gasteiger charge is 2.28. The number of rotatable bonds is 9. The normalized spacial score (nSPS) is 11.6. The molecule has 0 unspecified atom stereocenters. The van der Waals surface area contributed by atoms with Gasteiger partial charge in [0.15, 0.2) is 0 Å². The summed E-state index contributed by atoms with van der Waals surface area (Å²) in [7, 11) is -3.99. The highest BCUT2D eigenvalue weighted by atomic mass is 35.5. The SMILES string of the molecule is O=C(CN(Cc1ccco1)S(=O)(=O)c1ccc(Cl)nc1)NCCc1ccc(Cl)cc1. The van der Waals surface area contributed by atoms with Crippen molar-refractivity contribution < 1.29 is 17.6 Å². The van der Waals surface area contributed by atoms with Crippen molar-refractivity contribution in [3.05, 3.63) is 82.5 Å². The molecular formula is C20H19Cl2N3O4S. The summed E-state index contributed by atoms with van der Waals surface area (Å²) in [4.78, 5) is 16.2. The first-order valence-electron chi connectivity index (χ1n) is 9.00. The van der Waals surface area contributed by atoms with Crippen molar-refractivity contribution in [2.75, 3.05) is 13.1 Å². The van der Waals surface area contributed by atoms with E-state index in [-0.39, 0.29) is 23.1 Å². The summed E-state index contributed by atoms with van der Waals surface area (Å²) in [5.74, 6) is -0.0181. The lowest BCUT2D eigenvalue weighted by molar-refractivity contribution is -0.121. The van der Waals surface area contributed by atoms with Gasteiger partial charge in [0.05, 0.1) is 19.4 Å². The molecule has 0 aliphatic carbocycles. The van der Waals surface area contributed by atoms with Crippen molar-refractivity contribution >= 4 is 39.1 Å². The average molecular weight is 468 g/mol. The maximum Gasteiger partial charge on any atom is 0.245 e. The molecule has 10 heteroatoms. The van der Waals surface area contributed by atoms with E-state index >= 15 is 0 Å². The molecule has 0 spiro atoms. The Hall–Kier alpha value is -2.39. The monoisotopic (exact) mass is 467 g/mol. The summed E-state index contributed by atoms with van der Waals surface area (Å²) in [6.07, 6.45) is 3.19. The molecule has 7 nitrogen and oxygen atoms in total. The molecule has 2 heterocycles. The summed E-state index contributed by atoms with van der Waals surface area (Å²) < 4.78 is 32.4. The third-order valence-corrected chi connectivity index (χ3v) is 6.47. The number of sulfonamides is 1. The van der Waals surface area contributed by atoms with Crippen LogP contribution < -0.4 is 5.32 Å². The Morgan fingerprint density at radius 2 is 1.87 bits per heavy atom. The van der Waals surface area contributed by atoms with Crippen LogP contribution >= 0.6 is 23.2 Å². The molecule has 30 heavy (non-hydrogen) atoms. The Balaban J connectivity index is 1.68. The highest BCUT2D eigenvalue weighted by molar-refractivity contribution is 7.89. The van der Waals surface area contributed by atoms with E-state index in [9.17, 15) is 13.2 Å². The number of carbonyl (C=O) groups excluding carboxylic acids is 1. The van der Waals surface area contributed by atoms with E-state index in [4.69, 9.17) is 27.6 Å². The molecule has 0 fully saturated rings. The first-order valence-corrected chi connectivity index (χ1v) is 11.2.